The molecule has 1 spiro atoms. The number of amides is 3. The van der Waals surface area contributed by atoms with Gasteiger partial charge in [0.1, 0.15) is 15.7 Å². The van der Waals surface area contributed by atoms with Crippen molar-refractivity contribution in [1.82, 2.24) is 10.0 Å². The molecule has 1 unspecified atom stereocenters. The van der Waals surface area contributed by atoms with Crippen LogP contribution in [0.25, 0.3) is 0 Å². The largest absolute Gasteiger partial charge is 0.490 e. The average molecular weight is 695 g/mol. The normalized spacial score (nSPS) is 32.4. The predicted octanol–water partition coefficient (Wildman–Crippen LogP) is 6.83. The van der Waals surface area contributed by atoms with Crippen LogP contribution in [0.4, 0.5) is 10.5 Å². The van der Waals surface area contributed by atoms with Gasteiger partial charge in [-0.3, -0.25) is 9.52 Å². The summed E-state index contributed by atoms with van der Waals surface area (Å²) in [7, 11) is -1.65. The molecule has 0 saturated heterocycles. The second-order valence-electron chi connectivity index (χ2n) is 14.5. The van der Waals surface area contributed by atoms with E-state index in [0.29, 0.717) is 30.4 Å². The number of fused-ring (bicyclic) bond motifs is 4. The van der Waals surface area contributed by atoms with Gasteiger partial charge < -0.3 is 19.7 Å². The number of rotatable bonds is 4. The molecule has 0 aromatic heterocycles. The number of anilines is 1. The number of nitrogens with one attached hydrogen (secondary N) is 2. The van der Waals surface area contributed by atoms with Crippen LogP contribution in [0.2, 0.25) is 5.02 Å². The predicted molar refractivity (Wildman–Crippen MR) is 189 cm³/mol. The van der Waals surface area contributed by atoms with Crippen LogP contribution < -0.4 is 19.7 Å². The molecule has 2 aromatic rings. The molecule has 48 heavy (non-hydrogen) atoms. The number of urea groups is 1. The lowest BCUT2D eigenvalue weighted by Crippen LogP contribution is -2.49. The zero-order valence-corrected chi connectivity index (χ0v) is 29.5. The maximum atomic E-state index is 14.4. The third kappa shape index (κ3) is 6.98. The summed E-state index contributed by atoms with van der Waals surface area (Å²) in [5.74, 6) is 0.908. The van der Waals surface area contributed by atoms with Gasteiger partial charge in [0.2, 0.25) is 0 Å². The van der Waals surface area contributed by atoms with Gasteiger partial charge in [-0.15, -0.1) is 4.36 Å². The van der Waals surface area contributed by atoms with E-state index in [2.05, 4.69) is 43.6 Å². The van der Waals surface area contributed by atoms with Crippen molar-refractivity contribution < 1.29 is 23.3 Å². The van der Waals surface area contributed by atoms with Crippen molar-refractivity contribution in [1.29, 1.82) is 0 Å². The van der Waals surface area contributed by atoms with Crippen molar-refractivity contribution in [2.45, 2.75) is 82.3 Å². The van der Waals surface area contributed by atoms with Crippen LogP contribution in [0.15, 0.2) is 52.9 Å². The topological polar surface area (TPSA) is 109 Å². The molecule has 0 radical (unpaired) electrons. The monoisotopic (exact) mass is 694 g/mol. The number of nitrogens with zero attached hydrogens (tertiary/aromatic N) is 2. The molecule has 2 N–H and O–H groups in total. The number of aryl methyl sites for hydroxylation is 1. The quantitative estimate of drug-likeness (QED) is 0.340. The lowest BCUT2D eigenvalue weighted by molar-refractivity contribution is 0.0131. The zero-order valence-electron chi connectivity index (χ0n) is 27.9. The Bertz CT molecular complexity index is 1720. The standard InChI is InChI=1S/C37H47ClN4O5S/c1-3-24-6-4-8-33(46-2)30-14-9-27(30)20-42-22-37(17-5-7-25-18-28(38)11-15-31(25)37)23-47-34-16-10-26(19-32(34)42)35(43)40-48(45,21-24)41-36(44)39-29-12-13-29/h4,8,10-11,15-16,18-19,24,27,29-30,33H,3,5-7,9,12-14,17,20-23H2,1-2H3,(H2,39,40,41,43,44,45)/b8-4-/t24-,27-,30+,33-,37-,48?/m0/s1. The molecule has 5 aliphatic rings. The molecule has 258 valence electrons. The summed E-state index contributed by atoms with van der Waals surface area (Å²) in [5.41, 5.74) is 3.49. The van der Waals surface area contributed by atoms with Gasteiger partial charge in [0.05, 0.1) is 24.2 Å². The minimum atomic E-state index is -3.43. The zero-order chi connectivity index (χ0) is 33.5. The SMILES string of the molecule is CC[C@H]1C/C=C\[C@H](OC)[C@@H]2CC[C@H]2CN2C[C@@]3(CCCc4cc(Cl)ccc43)COc3ccc(cc32)C(=O)N=S(=O)(NC(=O)NC2CC2)C1. The summed E-state index contributed by atoms with van der Waals surface area (Å²) in [5, 5.41) is 3.59. The molecule has 3 aliphatic carbocycles. The summed E-state index contributed by atoms with van der Waals surface area (Å²) >= 11 is 6.45. The Balaban J connectivity index is 1.30. The molecule has 11 heteroatoms. The first kappa shape index (κ1) is 33.4. The molecule has 2 aliphatic heterocycles. The number of carbonyl (C=O) groups is 2. The Labute approximate surface area is 289 Å². The van der Waals surface area contributed by atoms with Gasteiger partial charge in [0.15, 0.2) is 0 Å². The van der Waals surface area contributed by atoms with E-state index in [1.165, 1.54) is 11.1 Å². The van der Waals surface area contributed by atoms with E-state index < -0.39 is 21.9 Å². The van der Waals surface area contributed by atoms with Crippen LogP contribution >= 0.6 is 11.6 Å². The molecular weight excluding hydrogens is 648 g/mol. The Morgan fingerprint density at radius 3 is 2.79 bits per heavy atom. The average Bonchev–Trinajstić information content (AvgIpc) is 3.88. The smallest absolute Gasteiger partial charge is 0.327 e. The summed E-state index contributed by atoms with van der Waals surface area (Å²) in [6.07, 6.45) is 12.6. The molecular formula is C37H47ClN4O5S. The number of allylic oxidation sites excluding steroid dienone is 1. The fourth-order valence-corrected chi connectivity index (χ4v) is 10.3. The summed E-state index contributed by atoms with van der Waals surface area (Å²) in [4.78, 5) is 29.1. The summed E-state index contributed by atoms with van der Waals surface area (Å²) in [6, 6.07) is 11.2. The molecule has 9 nitrogen and oxygen atoms in total. The third-order valence-electron chi connectivity index (χ3n) is 11.1. The van der Waals surface area contributed by atoms with Gasteiger partial charge in [-0.1, -0.05) is 43.2 Å². The van der Waals surface area contributed by atoms with Crippen molar-refractivity contribution in [2.24, 2.45) is 22.1 Å². The van der Waals surface area contributed by atoms with Crippen LogP contribution in [0.3, 0.4) is 0 Å². The Hall–Kier alpha value is -3.08. The first-order valence-corrected chi connectivity index (χ1v) is 19.6. The van der Waals surface area contributed by atoms with E-state index in [4.69, 9.17) is 21.1 Å². The Kier molecular flexibility index (Phi) is 9.52. The summed E-state index contributed by atoms with van der Waals surface area (Å²) in [6.45, 7) is 4.08. The molecule has 2 fully saturated rings. The van der Waals surface area contributed by atoms with E-state index in [1.54, 1.807) is 13.2 Å². The lowest BCUT2D eigenvalue weighted by Gasteiger charge is -2.46. The number of methoxy groups -OCH3 is 1. The van der Waals surface area contributed by atoms with Crippen molar-refractivity contribution in [3.05, 3.63) is 70.3 Å². The van der Waals surface area contributed by atoms with Crippen LogP contribution in [-0.4, -0.2) is 60.9 Å². The fourth-order valence-electron chi connectivity index (χ4n) is 8.13. The van der Waals surface area contributed by atoms with Crippen LogP contribution in [-0.2, 0) is 26.5 Å². The number of hydrogen-bond acceptors (Lipinski definition) is 6. The van der Waals surface area contributed by atoms with Gasteiger partial charge in [-0.25, -0.2) is 9.00 Å². The minimum Gasteiger partial charge on any atom is -0.490 e. The lowest BCUT2D eigenvalue weighted by atomic mass is 9.68. The van der Waals surface area contributed by atoms with Gasteiger partial charge >= 0.3 is 6.03 Å². The Morgan fingerprint density at radius 1 is 1.19 bits per heavy atom. The maximum Gasteiger partial charge on any atom is 0.327 e. The number of ether oxygens (including phenoxy) is 2. The van der Waals surface area contributed by atoms with E-state index in [0.717, 1.165) is 80.9 Å². The Morgan fingerprint density at radius 2 is 2.04 bits per heavy atom. The first-order chi connectivity index (χ1) is 23.2. The van der Waals surface area contributed by atoms with Gasteiger partial charge in [-0.2, -0.15) is 0 Å². The first-order valence-electron chi connectivity index (χ1n) is 17.5. The van der Waals surface area contributed by atoms with Crippen molar-refractivity contribution in [3.8, 4) is 5.75 Å². The van der Waals surface area contributed by atoms with Crippen LogP contribution in [0, 0.1) is 17.8 Å². The van der Waals surface area contributed by atoms with E-state index >= 15 is 0 Å². The molecule has 2 heterocycles. The minimum absolute atomic E-state index is 0.0345. The van der Waals surface area contributed by atoms with E-state index in [9.17, 15) is 13.8 Å². The third-order valence-corrected chi connectivity index (χ3v) is 13.3. The molecule has 6 atom stereocenters. The molecule has 3 amide bonds. The maximum absolute atomic E-state index is 14.4. The van der Waals surface area contributed by atoms with E-state index in [1.807, 2.05) is 25.1 Å². The van der Waals surface area contributed by atoms with Crippen molar-refractivity contribution in [2.75, 3.05) is 37.5 Å². The highest BCUT2D eigenvalue weighted by Gasteiger charge is 2.44. The van der Waals surface area contributed by atoms with Crippen molar-refractivity contribution >= 4 is 39.1 Å². The second-order valence-corrected chi connectivity index (χ2v) is 16.9. The fraction of sp³-hybridized carbons (Fsp3) is 0.568. The molecule has 2 saturated carbocycles. The highest BCUT2D eigenvalue weighted by atomic mass is 35.5. The molecule has 2 bridgehead atoms. The highest BCUT2D eigenvalue weighted by molar-refractivity contribution is 7.92. The summed E-state index contributed by atoms with van der Waals surface area (Å²) < 4.78 is 34.0. The van der Waals surface area contributed by atoms with Gasteiger partial charge in [0, 0.05) is 42.2 Å². The van der Waals surface area contributed by atoms with Crippen LogP contribution in [0.1, 0.15) is 79.8 Å². The van der Waals surface area contributed by atoms with Gasteiger partial charge in [-0.05, 0) is 111 Å². The number of benzene rings is 2. The van der Waals surface area contributed by atoms with Crippen LogP contribution in [0.5, 0.6) is 5.75 Å². The molecule has 7 rings (SSSR count). The number of halogens is 1. The highest BCUT2D eigenvalue weighted by Crippen LogP contribution is 2.47. The van der Waals surface area contributed by atoms with Crippen molar-refractivity contribution in [3.63, 3.8) is 0 Å². The number of hydrogen-bond donors (Lipinski definition) is 2. The number of carbonyl (C=O) groups excluding carboxylic acids is 2. The van der Waals surface area contributed by atoms with E-state index in [-0.39, 0.29) is 29.2 Å². The van der Waals surface area contributed by atoms with Gasteiger partial charge in [0.25, 0.3) is 5.91 Å². The molecule has 2 aromatic carbocycles. The second kappa shape index (κ2) is 13.7.